The maximum Gasteiger partial charge on any atom is -0.0235 e. The Bertz CT molecular complexity index is 159. The summed E-state index contributed by atoms with van der Waals surface area (Å²) in [7, 11) is 0. The van der Waals surface area contributed by atoms with Crippen molar-refractivity contribution in [1.29, 1.82) is 0 Å². The van der Waals surface area contributed by atoms with Gasteiger partial charge < -0.3 is 0 Å². The average Bonchev–Trinajstić information content (AvgIpc) is 2.32. The molecule has 0 saturated heterocycles. The molecule has 0 heterocycles. The van der Waals surface area contributed by atoms with Gasteiger partial charge in [0.05, 0.1) is 0 Å². The summed E-state index contributed by atoms with van der Waals surface area (Å²) in [6, 6.07) is 0. The molecule has 0 amide bonds. The first-order chi connectivity index (χ1) is 4.24. The van der Waals surface area contributed by atoms with Crippen LogP contribution in [0, 0.1) is 29.1 Å². The molecule has 4 fully saturated rings. The molecular weight excluding hydrogens is 108 g/mol. The van der Waals surface area contributed by atoms with Crippen LogP contribution >= 0.6 is 0 Å². The first-order valence-electron chi connectivity index (χ1n) is 4.24. The monoisotopic (exact) mass is 122 g/mol. The van der Waals surface area contributed by atoms with E-state index in [1.165, 1.54) is 11.8 Å². The van der Waals surface area contributed by atoms with Crippen molar-refractivity contribution in [3.8, 4) is 0 Å². The highest BCUT2D eigenvalue weighted by Crippen LogP contribution is 2.81. The minimum absolute atomic E-state index is 0.852. The van der Waals surface area contributed by atoms with E-state index in [1.54, 1.807) is 12.8 Å². The molecule has 0 aromatic rings. The average molecular weight is 122 g/mol. The van der Waals surface area contributed by atoms with Crippen LogP contribution in [0.2, 0.25) is 0 Å². The van der Waals surface area contributed by atoms with Gasteiger partial charge in [-0.05, 0) is 41.9 Å². The largest absolute Gasteiger partial charge is 0.0617 e. The Hall–Kier alpha value is 0. The van der Waals surface area contributed by atoms with E-state index >= 15 is 0 Å². The van der Waals surface area contributed by atoms with E-state index in [2.05, 4.69) is 13.8 Å². The maximum atomic E-state index is 2.51. The van der Waals surface area contributed by atoms with Crippen molar-refractivity contribution < 1.29 is 0 Å². The third kappa shape index (κ3) is 0.281. The molecule has 5 atom stereocenters. The summed E-state index contributed by atoms with van der Waals surface area (Å²) < 4.78 is 0. The van der Waals surface area contributed by atoms with Gasteiger partial charge in [0.2, 0.25) is 0 Å². The highest BCUT2D eigenvalue weighted by atomic mass is 14.8. The molecule has 9 heavy (non-hydrogen) atoms. The summed E-state index contributed by atoms with van der Waals surface area (Å²) in [5.74, 6) is 4.58. The molecule has 50 valence electrons. The zero-order valence-corrected chi connectivity index (χ0v) is 6.22. The second-order valence-corrected chi connectivity index (χ2v) is 4.60. The molecule has 0 aliphatic heterocycles. The molecule has 0 heteroatoms. The summed E-state index contributed by atoms with van der Waals surface area (Å²) in [6.07, 6.45) is 3.17. The smallest absolute Gasteiger partial charge is 0.0235 e. The lowest BCUT2D eigenvalue weighted by Crippen LogP contribution is -2.05. The quantitative estimate of drug-likeness (QED) is 0.462. The van der Waals surface area contributed by atoms with Crippen molar-refractivity contribution in [3.05, 3.63) is 0 Å². The van der Waals surface area contributed by atoms with E-state index in [-0.39, 0.29) is 0 Å². The molecule has 4 rings (SSSR count). The highest BCUT2D eigenvalue weighted by Gasteiger charge is 2.74. The van der Waals surface area contributed by atoms with Gasteiger partial charge in [0.15, 0.2) is 0 Å². The van der Waals surface area contributed by atoms with E-state index in [0.717, 1.165) is 17.3 Å². The van der Waals surface area contributed by atoms with Crippen LogP contribution in [-0.4, -0.2) is 0 Å². The summed E-state index contributed by atoms with van der Waals surface area (Å²) in [5, 5.41) is 0. The number of hydrogen-bond donors (Lipinski definition) is 0. The molecule has 4 aliphatic rings. The van der Waals surface area contributed by atoms with Gasteiger partial charge in [0.1, 0.15) is 0 Å². The Balaban J connectivity index is 2.13. The maximum absolute atomic E-state index is 2.51. The van der Waals surface area contributed by atoms with Gasteiger partial charge in [-0.25, -0.2) is 0 Å². The van der Waals surface area contributed by atoms with E-state index in [4.69, 9.17) is 0 Å². The van der Waals surface area contributed by atoms with Crippen molar-refractivity contribution in [2.75, 3.05) is 0 Å². The first-order valence-corrected chi connectivity index (χ1v) is 4.24. The summed E-state index contributed by atoms with van der Waals surface area (Å²) >= 11 is 0. The summed E-state index contributed by atoms with van der Waals surface area (Å²) in [6.45, 7) is 4.98. The Morgan fingerprint density at radius 1 is 1.22 bits per heavy atom. The molecule has 0 radical (unpaired) electrons. The summed E-state index contributed by atoms with van der Waals surface area (Å²) in [4.78, 5) is 0. The third-order valence-corrected chi connectivity index (χ3v) is 4.78. The third-order valence-electron chi connectivity index (χ3n) is 4.78. The molecule has 0 spiro atoms. The Morgan fingerprint density at radius 2 is 1.78 bits per heavy atom. The van der Waals surface area contributed by atoms with E-state index in [1.807, 2.05) is 0 Å². The van der Waals surface area contributed by atoms with Crippen molar-refractivity contribution in [2.24, 2.45) is 29.1 Å². The lowest BCUT2D eigenvalue weighted by Gasteiger charge is -2.12. The minimum Gasteiger partial charge on any atom is -0.0617 e. The van der Waals surface area contributed by atoms with E-state index in [9.17, 15) is 0 Å². The topological polar surface area (TPSA) is 0 Å². The number of rotatable bonds is 0. The van der Waals surface area contributed by atoms with Gasteiger partial charge in [0, 0.05) is 0 Å². The van der Waals surface area contributed by atoms with E-state index < -0.39 is 0 Å². The van der Waals surface area contributed by atoms with Crippen LogP contribution in [0.25, 0.3) is 0 Å². The number of hydrogen-bond acceptors (Lipinski definition) is 0. The second-order valence-electron chi connectivity index (χ2n) is 4.60. The van der Waals surface area contributed by atoms with Gasteiger partial charge in [-0.15, -0.1) is 0 Å². The van der Waals surface area contributed by atoms with Crippen molar-refractivity contribution >= 4 is 0 Å². The predicted octanol–water partition coefficient (Wildman–Crippen LogP) is 2.30. The van der Waals surface area contributed by atoms with Crippen LogP contribution in [0.15, 0.2) is 0 Å². The normalized spacial score (nSPS) is 75.3. The van der Waals surface area contributed by atoms with Gasteiger partial charge in [-0.1, -0.05) is 13.8 Å². The van der Waals surface area contributed by atoms with Crippen LogP contribution < -0.4 is 0 Å². The van der Waals surface area contributed by atoms with Crippen molar-refractivity contribution in [1.82, 2.24) is 0 Å². The van der Waals surface area contributed by atoms with Crippen LogP contribution in [0.3, 0.4) is 0 Å². The lowest BCUT2D eigenvalue weighted by atomic mass is 9.93. The van der Waals surface area contributed by atoms with Crippen LogP contribution in [-0.2, 0) is 0 Å². The fourth-order valence-corrected chi connectivity index (χ4v) is 3.90. The standard InChI is InChI=1S/C9H14/c1-5-6-3-7-8(4-6)9(5,7)2/h5-8H,3-4H2,1-2H3/t5?,6?,7-,8?,9?/m0/s1. The van der Waals surface area contributed by atoms with E-state index in [0.29, 0.717) is 0 Å². The Kier molecular flexibility index (Phi) is 0.518. The van der Waals surface area contributed by atoms with Crippen LogP contribution in [0.5, 0.6) is 0 Å². The molecule has 4 aliphatic carbocycles. The van der Waals surface area contributed by atoms with Gasteiger partial charge in [-0.3, -0.25) is 0 Å². The molecule has 0 N–H and O–H groups in total. The van der Waals surface area contributed by atoms with Gasteiger partial charge in [0.25, 0.3) is 0 Å². The van der Waals surface area contributed by atoms with Gasteiger partial charge >= 0.3 is 0 Å². The lowest BCUT2D eigenvalue weighted by molar-refractivity contribution is 0.366. The molecule has 4 saturated carbocycles. The van der Waals surface area contributed by atoms with Gasteiger partial charge in [-0.2, -0.15) is 0 Å². The molecule has 4 unspecified atom stereocenters. The molecule has 0 aromatic heterocycles. The Morgan fingerprint density at radius 3 is 1.89 bits per heavy atom. The minimum atomic E-state index is 0.852. The fraction of sp³-hybridized carbons (Fsp3) is 1.00. The highest BCUT2D eigenvalue weighted by molar-refractivity contribution is 5.23. The summed E-state index contributed by atoms with van der Waals surface area (Å²) in [5.41, 5.74) is 0.852. The molecule has 4 bridgehead atoms. The zero-order valence-electron chi connectivity index (χ0n) is 6.22. The SMILES string of the molecule is CC1C2CC3[C@H](C2)C13C. The van der Waals surface area contributed by atoms with Crippen molar-refractivity contribution in [2.45, 2.75) is 26.7 Å². The Labute approximate surface area is 56.6 Å². The zero-order chi connectivity index (χ0) is 6.22. The molecule has 0 aromatic carbocycles. The molecular formula is C9H14. The van der Waals surface area contributed by atoms with Crippen LogP contribution in [0.4, 0.5) is 0 Å². The second kappa shape index (κ2) is 0.980. The predicted molar refractivity (Wildman–Crippen MR) is 37.0 cm³/mol. The first kappa shape index (κ1) is 4.76. The van der Waals surface area contributed by atoms with Crippen molar-refractivity contribution in [3.63, 3.8) is 0 Å². The van der Waals surface area contributed by atoms with Crippen LogP contribution in [0.1, 0.15) is 26.7 Å². The fourth-order valence-electron chi connectivity index (χ4n) is 3.90. The molecule has 0 nitrogen and oxygen atoms in total.